The summed E-state index contributed by atoms with van der Waals surface area (Å²) >= 11 is 0. The molecule has 0 saturated carbocycles. The third-order valence-corrected chi connectivity index (χ3v) is 7.16. The number of amides is 2. The first-order valence-electron chi connectivity index (χ1n) is 13.2. The number of aromatic nitrogens is 3. The van der Waals surface area contributed by atoms with Gasteiger partial charge in [-0.3, -0.25) is 19.3 Å². The summed E-state index contributed by atoms with van der Waals surface area (Å²) in [7, 11) is 0. The van der Waals surface area contributed by atoms with Gasteiger partial charge in [-0.1, -0.05) is 6.07 Å². The zero-order valence-corrected chi connectivity index (χ0v) is 22.9. The molecule has 5 N–H and O–H groups in total. The van der Waals surface area contributed by atoms with Crippen LogP contribution in [0.4, 0.5) is 40.8 Å². The highest BCUT2D eigenvalue weighted by Gasteiger charge is 2.50. The number of alkyl halides is 5. The number of fused-ring (bicyclic) bond motifs is 1. The molecular weight excluding hydrogens is 616 g/mol. The molecule has 2 heterocycles. The maximum atomic E-state index is 14.6. The molecule has 0 aliphatic heterocycles. The second-order valence-electron chi connectivity index (χ2n) is 10.4. The largest absolute Gasteiger partial charge is 0.435 e. The fourth-order valence-corrected chi connectivity index (χ4v) is 5.33. The number of hydrogen-bond donors (Lipinski definition) is 3. The number of nitrogens with one attached hydrogen (secondary N) is 1. The number of nitrogens with zero attached hydrogens (tertiary/aromatic N) is 3. The van der Waals surface area contributed by atoms with E-state index >= 15 is 0 Å². The molecule has 0 fully saturated rings. The lowest BCUT2D eigenvalue weighted by molar-refractivity contribution is -0.142. The normalized spacial score (nSPS) is 14.7. The fraction of sp³-hybridized carbons (Fsp3) is 0.241. The van der Waals surface area contributed by atoms with Crippen LogP contribution < -0.4 is 16.8 Å². The lowest BCUT2D eigenvalue weighted by Gasteiger charge is -2.23. The first-order valence-corrected chi connectivity index (χ1v) is 13.2. The first kappa shape index (κ1) is 31.4. The lowest BCUT2D eigenvalue weighted by atomic mass is 9.94. The summed E-state index contributed by atoms with van der Waals surface area (Å²) in [6.07, 6.45) is -5.76. The molecule has 0 saturated heterocycles. The number of rotatable bonds is 8. The average molecular weight is 639 g/mol. The van der Waals surface area contributed by atoms with Crippen molar-refractivity contribution in [2.75, 3.05) is 5.73 Å². The number of anilines is 1. The number of carbonyl (C=O) groups excluding carboxylic acids is 2. The van der Waals surface area contributed by atoms with Gasteiger partial charge in [-0.15, -0.1) is 0 Å². The molecule has 5 rings (SSSR count). The van der Waals surface area contributed by atoms with Crippen LogP contribution >= 0.6 is 0 Å². The molecule has 2 aromatic heterocycles. The van der Waals surface area contributed by atoms with E-state index in [2.05, 4.69) is 15.4 Å². The number of halogens is 8. The van der Waals surface area contributed by atoms with E-state index in [9.17, 15) is 44.7 Å². The Bertz CT molecular complexity index is 1800. The zero-order valence-electron chi connectivity index (χ0n) is 22.9. The topological polar surface area (TPSA) is 129 Å². The van der Waals surface area contributed by atoms with Gasteiger partial charge < -0.3 is 16.8 Å². The van der Waals surface area contributed by atoms with Crippen LogP contribution in [0.25, 0.3) is 11.1 Å². The van der Waals surface area contributed by atoms with Crippen LogP contribution in [0.1, 0.15) is 51.0 Å². The molecule has 2 amide bonds. The summed E-state index contributed by atoms with van der Waals surface area (Å²) < 4.78 is 113. The Morgan fingerprint density at radius 1 is 1.04 bits per heavy atom. The van der Waals surface area contributed by atoms with Gasteiger partial charge in [-0.25, -0.2) is 13.2 Å². The van der Waals surface area contributed by atoms with Crippen molar-refractivity contribution in [3.8, 4) is 11.1 Å². The second-order valence-corrected chi connectivity index (χ2v) is 10.4. The predicted molar refractivity (Wildman–Crippen MR) is 143 cm³/mol. The Balaban J connectivity index is 1.57. The smallest absolute Gasteiger partial charge is 0.397 e. The number of pyridine rings is 1. The van der Waals surface area contributed by atoms with Crippen LogP contribution in [-0.4, -0.2) is 26.6 Å². The van der Waals surface area contributed by atoms with E-state index in [1.165, 1.54) is 18.3 Å². The second kappa shape index (κ2) is 11.5. The Kier molecular flexibility index (Phi) is 8.01. The van der Waals surface area contributed by atoms with E-state index in [1.807, 2.05) is 0 Å². The molecule has 1 atom stereocenters. The first-order chi connectivity index (χ1) is 21.0. The minimum atomic E-state index is -5.06. The number of carbonyl (C=O) groups is 2. The summed E-state index contributed by atoms with van der Waals surface area (Å²) in [4.78, 5) is 29.3. The SMILES string of the molecule is NC(=O)c1cc(-c2cc(N)cnc2C(Cc2cc(F)cc(F)c2)NC(=O)Cn2nc(C(F)(F)F)c3c2C(F)(F)CC3)ccc1F. The van der Waals surface area contributed by atoms with Crippen molar-refractivity contribution in [1.29, 1.82) is 0 Å². The van der Waals surface area contributed by atoms with Crippen molar-refractivity contribution < 1.29 is 44.7 Å². The quantitative estimate of drug-likeness (QED) is 0.229. The minimum absolute atomic E-state index is 0.00479. The summed E-state index contributed by atoms with van der Waals surface area (Å²) in [5.74, 6) is -8.74. The van der Waals surface area contributed by atoms with E-state index in [0.29, 0.717) is 6.07 Å². The molecule has 8 nitrogen and oxygen atoms in total. The molecular formula is C29H22F8N6O2. The third-order valence-electron chi connectivity index (χ3n) is 7.16. The highest BCUT2D eigenvalue weighted by atomic mass is 19.4. The van der Waals surface area contributed by atoms with Crippen molar-refractivity contribution in [1.82, 2.24) is 20.1 Å². The number of nitrogens with two attached hydrogens (primary N) is 2. The molecule has 1 aliphatic rings. The van der Waals surface area contributed by atoms with Crippen molar-refractivity contribution in [2.45, 2.75) is 43.9 Å². The van der Waals surface area contributed by atoms with Crippen LogP contribution in [0.2, 0.25) is 0 Å². The Morgan fingerprint density at radius 2 is 1.73 bits per heavy atom. The number of benzene rings is 2. The van der Waals surface area contributed by atoms with Gasteiger partial charge in [0.1, 0.15) is 29.7 Å². The van der Waals surface area contributed by atoms with Gasteiger partial charge in [0.05, 0.1) is 29.2 Å². The molecule has 1 aliphatic carbocycles. The monoisotopic (exact) mass is 638 g/mol. The molecule has 236 valence electrons. The molecule has 4 aromatic rings. The molecule has 0 bridgehead atoms. The van der Waals surface area contributed by atoms with Gasteiger partial charge >= 0.3 is 6.18 Å². The molecule has 0 spiro atoms. The Hall–Kier alpha value is -5.02. The van der Waals surface area contributed by atoms with Crippen LogP contribution in [0.3, 0.4) is 0 Å². The highest BCUT2D eigenvalue weighted by Crippen LogP contribution is 2.46. The van der Waals surface area contributed by atoms with Crippen molar-refractivity contribution in [3.05, 3.63) is 99.9 Å². The summed E-state index contributed by atoms with van der Waals surface area (Å²) in [6, 6.07) is 5.82. The van der Waals surface area contributed by atoms with Crippen molar-refractivity contribution in [3.63, 3.8) is 0 Å². The summed E-state index contributed by atoms with van der Waals surface area (Å²) in [5.41, 5.74) is 7.72. The van der Waals surface area contributed by atoms with Crippen LogP contribution in [-0.2, 0) is 36.3 Å². The van der Waals surface area contributed by atoms with E-state index in [-0.39, 0.29) is 39.2 Å². The van der Waals surface area contributed by atoms with E-state index in [1.54, 1.807) is 0 Å². The minimum Gasteiger partial charge on any atom is -0.397 e. The number of nitrogen functional groups attached to an aromatic ring is 1. The fourth-order valence-electron chi connectivity index (χ4n) is 5.33. The van der Waals surface area contributed by atoms with E-state index in [4.69, 9.17) is 11.5 Å². The van der Waals surface area contributed by atoms with Gasteiger partial charge in [-0.2, -0.15) is 27.1 Å². The molecule has 0 radical (unpaired) electrons. The maximum Gasteiger partial charge on any atom is 0.435 e. The van der Waals surface area contributed by atoms with E-state index in [0.717, 1.165) is 24.3 Å². The summed E-state index contributed by atoms with van der Waals surface area (Å²) in [6.45, 7) is -1.07. The lowest BCUT2D eigenvalue weighted by Crippen LogP contribution is -2.35. The standard InChI is InChI=1S/C29H22F8N6O2/c30-15-5-13(6-16(31)9-15)7-22(24-19(10-17(38)11-40-24)14-1-2-21(32)20(8-14)27(39)45)41-23(44)12-43-26-18(3-4-28(26,33)34)25(42-43)29(35,36)37/h1-2,5-6,8-11,22H,3-4,7,12,38H2,(H2,39,45)(H,41,44). The number of hydrogen-bond acceptors (Lipinski definition) is 5. The predicted octanol–water partition coefficient (Wildman–Crippen LogP) is 5.20. The highest BCUT2D eigenvalue weighted by molar-refractivity contribution is 5.94. The maximum absolute atomic E-state index is 14.6. The molecule has 1 unspecified atom stereocenters. The van der Waals surface area contributed by atoms with Gasteiger partial charge in [0.15, 0.2) is 5.69 Å². The Labute approximate surface area is 249 Å². The Morgan fingerprint density at radius 3 is 2.38 bits per heavy atom. The van der Waals surface area contributed by atoms with Crippen molar-refractivity contribution in [2.24, 2.45) is 5.73 Å². The molecule has 16 heteroatoms. The molecule has 2 aromatic carbocycles. The number of primary amides is 1. The average Bonchev–Trinajstić information content (AvgIpc) is 3.45. The van der Waals surface area contributed by atoms with Gasteiger partial charge in [0.2, 0.25) is 5.91 Å². The van der Waals surface area contributed by atoms with Crippen LogP contribution in [0, 0.1) is 17.5 Å². The van der Waals surface area contributed by atoms with E-state index < -0.39 is 89.3 Å². The zero-order chi connectivity index (χ0) is 32.8. The molecule has 45 heavy (non-hydrogen) atoms. The third kappa shape index (κ3) is 6.44. The van der Waals surface area contributed by atoms with Crippen molar-refractivity contribution >= 4 is 17.5 Å². The van der Waals surface area contributed by atoms with Crippen LogP contribution in [0.5, 0.6) is 0 Å². The summed E-state index contributed by atoms with van der Waals surface area (Å²) in [5, 5.41) is 5.75. The van der Waals surface area contributed by atoms with Gasteiger partial charge in [0.25, 0.3) is 11.8 Å². The van der Waals surface area contributed by atoms with Crippen LogP contribution in [0.15, 0.2) is 48.7 Å². The van der Waals surface area contributed by atoms with Gasteiger partial charge in [0, 0.05) is 23.6 Å². The van der Waals surface area contributed by atoms with Gasteiger partial charge in [-0.05, 0) is 54.3 Å².